The molecule has 1 unspecified atom stereocenters. The van der Waals surface area contributed by atoms with Crippen molar-refractivity contribution in [2.24, 2.45) is 5.92 Å². The first kappa shape index (κ1) is 12.2. The fourth-order valence-corrected chi connectivity index (χ4v) is 2.92. The Bertz CT molecular complexity index is 604. The predicted molar refractivity (Wildman–Crippen MR) is 73.9 cm³/mol. The Labute approximate surface area is 113 Å². The molecule has 2 heteroatoms. The number of fused-ring (bicyclic) bond motifs is 2. The maximum Gasteiger partial charge on any atom is 0.130 e. The van der Waals surface area contributed by atoms with Crippen LogP contribution < -0.4 is 4.74 Å². The van der Waals surface area contributed by atoms with Crippen LogP contribution >= 0.6 is 0 Å². The molecular weight excluding hydrogens is 239 g/mol. The van der Waals surface area contributed by atoms with Crippen molar-refractivity contribution < 1.29 is 9.13 Å². The molecule has 1 aliphatic heterocycles. The van der Waals surface area contributed by atoms with Crippen molar-refractivity contribution in [1.29, 1.82) is 0 Å². The lowest BCUT2D eigenvalue weighted by Crippen LogP contribution is -2.10. The van der Waals surface area contributed by atoms with Crippen molar-refractivity contribution >= 4 is 0 Å². The highest BCUT2D eigenvalue weighted by molar-refractivity contribution is 5.47. The summed E-state index contributed by atoms with van der Waals surface area (Å²) in [6.45, 7) is 4.64. The van der Waals surface area contributed by atoms with Crippen LogP contribution in [0.25, 0.3) is 0 Å². The molecule has 0 amide bonds. The first-order chi connectivity index (χ1) is 9.18. The van der Waals surface area contributed by atoms with E-state index in [0.717, 1.165) is 16.9 Å². The summed E-state index contributed by atoms with van der Waals surface area (Å²) in [4.78, 5) is 0. The third-order valence-corrected chi connectivity index (χ3v) is 3.78. The van der Waals surface area contributed by atoms with Crippen molar-refractivity contribution in [2.45, 2.75) is 26.4 Å². The topological polar surface area (TPSA) is 9.23 Å². The largest absolute Gasteiger partial charge is 0.488 e. The molecule has 0 fully saturated rings. The van der Waals surface area contributed by atoms with Gasteiger partial charge in [-0.05, 0) is 23.6 Å². The van der Waals surface area contributed by atoms with Gasteiger partial charge in [-0.25, -0.2) is 4.39 Å². The van der Waals surface area contributed by atoms with Gasteiger partial charge in [-0.3, -0.25) is 0 Å². The second kappa shape index (κ2) is 4.69. The van der Waals surface area contributed by atoms with Gasteiger partial charge >= 0.3 is 0 Å². The minimum atomic E-state index is -0.170. The molecule has 0 saturated heterocycles. The lowest BCUT2D eigenvalue weighted by molar-refractivity contribution is 0.300. The molecule has 0 aliphatic carbocycles. The summed E-state index contributed by atoms with van der Waals surface area (Å²) < 4.78 is 19.8. The standard InChI is InChI=1S/C17H17FO/c1-11(2)17-12-7-5-8-15(18)14(12)10-19-16-9-4-3-6-13(16)17/h3-9,11,17H,10H2,1-2H3. The van der Waals surface area contributed by atoms with E-state index >= 15 is 0 Å². The Morgan fingerprint density at radius 2 is 1.79 bits per heavy atom. The molecule has 0 bridgehead atoms. The number of para-hydroxylation sites is 1. The normalized spacial score (nSPS) is 17.4. The average molecular weight is 256 g/mol. The molecule has 1 heterocycles. The van der Waals surface area contributed by atoms with Gasteiger partial charge in [0.15, 0.2) is 0 Å². The maximum atomic E-state index is 14.0. The van der Waals surface area contributed by atoms with Gasteiger partial charge in [-0.15, -0.1) is 0 Å². The Morgan fingerprint density at radius 3 is 2.58 bits per heavy atom. The molecular formula is C17H17FO. The summed E-state index contributed by atoms with van der Waals surface area (Å²) >= 11 is 0. The number of halogens is 1. The molecule has 19 heavy (non-hydrogen) atoms. The molecule has 2 aromatic carbocycles. The van der Waals surface area contributed by atoms with E-state index in [0.29, 0.717) is 18.1 Å². The summed E-state index contributed by atoms with van der Waals surface area (Å²) in [6, 6.07) is 13.3. The maximum absolute atomic E-state index is 14.0. The summed E-state index contributed by atoms with van der Waals surface area (Å²) in [5, 5.41) is 0. The van der Waals surface area contributed by atoms with Crippen molar-refractivity contribution in [3.63, 3.8) is 0 Å². The second-order valence-corrected chi connectivity index (χ2v) is 5.36. The minimum Gasteiger partial charge on any atom is -0.488 e. The number of hydrogen-bond acceptors (Lipinski definition) is 1. The van der Waals surface area contributed by atoms with Crippen LogP contribution in [0.1, 0.15) is 36.5 Å². The Hall–Kier alpha value is -1.83. The van der Waals surface area contributed by atoms with Crippen LogP contribution in [0, 0.1) is 11.7 Å². The number of ether oxygens (including phenoxy) is 1. The van der Waals surface area contributed by atoms with Crippen LogP contribution in [0.5, 0.6) is 5.75 Å². The number of rotatable bonds is 1. The third-order valence-electron chi connectivity index (χ3n) is 3.78. The molecule has 98 valence electrons. The van der Waals surface area contributed by atoms with E-state index in [-0.39, 0.29) is 11.7 Å². The average Bonchev–Trinajstić information content (AvgIpc) is 2.56. The molecule has 0 N–H and O–H groups in total. The van der Waals surface area contributed by atoms with Crippen LogP contribution in [-0.4, -0.2) is 0 Å². The molecule has 2 aromatic rings. The van der Waals surface area contributed by atoms with Gasteiger partial charge < -0.3 is 4.74 Å². The highest BCUT2D eigenvalue weighted by Gasteiger charge is 2.28. The van der Waals surface area contributed by atoms with Gasteiger partial charge in [-0.1, -0.05) is 44.2 Å². The van der Waals surface area contributed by atoms with Crippen LogP contribution in [0.4, 0.5) is 4.39 Å². The Balaban J connectivity index is 2.24. The molecule has 0 saturated carbocycles. The fourth-order valence-electron chi connectivity index (χ4n) is 2.92. The van der Waals surface area contributed by atoms with Crippen molar-refractivity contribution in [2.75, 3.05) is 0 Å². The Kier molecular flexibility index (Phi) is 3.02. The van der Waals surface area contributed by atoms with Crippen molar-refractivity contribution in [3.05, 3.63) is 65.0 Å². The Morgan fingerprint density at radius 1 is 1.05 bits per heavy atom. The zero-order valence-corrected chi connectivity index (χ0v) is 11.2. The van der Waals surface area contributed by atoms with E-state index in [1.807, 2.05) is 24.3 Å². The second-order valence-electron chi connectivity index (χ2n) is 5.36. The fraction of sp³-hybridized carbons (Fsp3) is 0.294. The first-order valence-electron chi connectivity index (χ1n) is 6.67. The van der Waals surface area contributed by atoms with Crippen LogP contribution in [-0.2, 0) is 6.61 Å². The molecule has 3 rings (SSSR count). The molecule has 1 atom stereocenters. The molecule has 1 nitrogen and oxygen atoms in total. The molecule has 0 aromatic heterocycles. The molecule has 1 aliphatic rings. The highest BCUT2D eigenvalue weighted by Crippen LogP contribution is 2.41. The number of hydrogen-bond donors (Lipinski definition) is 0. The van der Waals surface area contributed by atoms with E-state index in [4.69, 9.17) is 4.74 Å². The lowest BCUT2D eigenvalue weighted by Gasteiger charge is -2.22. The highest BCUT2D eigenvalue weighted by atomic mass is 19.1. The van der Waals surface area contributed by atoms with Gasteiger partial charge in [0.05, 0.1) is 0 Å². The lowest BCUT2D eigenvalue weighted by atomic mass is 9.81. The summed E-state index contributed by atoms with van der Waals surface area (Å²) in [7, 11) is 0. The van der Waals surface area contributed by atoms with Gasteiger partial charge in [0, 0.05) is 17.0 Å². The van der Waals surface area contributed by atoms with E-state index in [1.165, 1.54) is 6.07 Å². The smallest absolute Gasteiger partial charge is 0.130 e. The van der Waals surface area contributed by atoms with Gasteiger partial charge in [-0.2, -0.15) is 0 Å². The van der Waals surface area contributed by atoms with Crippen LogP contribution in [0.15, 0.2) is 42.5 Å². The van der Waals surface area contributed by atoms with Gasteiger partial charge in [0.1, 0.15) is 18.2 Å². The zero-order valence-electron chi connectivity index (χ0n) is 11.2. The third kappa shape index (κ3) is 2.01. The predicted octanol–water partition coefficient (Wildman–Crippen LogP) is 4.51. The van der Waals surface area contributed by atoms with Crippen LogP contribution in [0.3, 0.4) is 0 Å². The van der Waals surface area contributed by atoms with Crippen molar-refractivity contribution in [1.82, 2.24) is 0 Å². The van der Waals surface area contributed by atoms with Gasteiger partial charge in [0.2, 0.25) is 0 Å². The molecule has 0 spiro atoms. The number of benzene rings is 2. The quantitative estimate of drug-likeness (QED) is 0.729. The van der Waals surface area contributed by atoms with Crippen LogP contribution in [0.2, 0.25) is 0 Å². The van der Waals surface area contributed by atoms with Crippen molar-refractivity contribution in [3.8, 4) is 5.75 Å². The van der Waals surface area contributed by atoms with E-state index in [1.54, 1.807) is 6.07 Å². The monoisotopic (exact) mass is 256 g/mol. The van der Waals surface area contributed by atoms with E-state index in [2.05, 4.69) is 19.9 Å². The summed E-state index contributed by atoms with van der Waals surface area (Å²) in [6.07, 6.45) is 0. The zero-order chi connectivity index (χ0) is 13.4. The van der Waals surface area contributed by atoms with Gasteiger partial charge in [0.25, 0.3) is 0 Å². The van der Waals surface area contributed by atoms with E-state index in [9.17, 15) is 4.39 Å². The first-order valence-corrected chi connectivity index (χ1v) is 6.67. The van der Waals surface area contributed by atoms with E-state index < -0.39 is 0 Å². The molecule has 0 radical (unpaired) electrons. The summed E-state index contributed by atoms with van der Waals surface area (Å²) in [5.41, 5.74) is 2.90. The minimum absolute atomic E-state index is 0.170. The summed E-state index contributed by atoms with van der Waals surface area (Å²) in [5.74, 6) is 1.28. The SMILES string of the molecule is CC(C)C1c2ccccc2OCc2c(F)cccc21.